The topological polar surface area (TPSA) is 86.2 Å². The van der Waals surface area contributed by atoms with Crippen molar-refractivity contribution in [3.05, 3.63) is 83.4 Å². The summed E-state index contributed by atoms with van der Waals surface area (Å²) < 4.78 is 22.2. The first-order valence-electron chi connectivity index (χ1n) is 12.5. The minimum Gasteiger partial charge on any atom is -0.491 e. The smallest absolute Gasteiger partial charge is 0.308 e. The summed E-state index contributed by atoms with van der Waals surface area (Å²) in [4.78, 5) is 11.4. The van der Waals surface area contributed by atoms with Crippen LogP contribution in [0.3, 0.4) is 0 Å². The molecule has 0 aromatic heterocycles. The van der Waals surface area contributed by atoms with Crippen LogP contribution in [-0.4, -0.2) is 43.7 Å². The van der Waals surface area contributed by atoms with Crippen molar-refractivity contribution in [2.24, 2.45) is 0 Å². The summed E-state index contributed by atoms with van der Waals surface area (Å²) in [6, 6.07) is 21.4. The second kappa shape index (κ2) is 12.4. The molecule has 1 aliphatic heterocycles. The summed E-state index contributed by atoms with van der Waals surface area (Å²) in [7, 11) is 0. The Kier molecular flexibility index (Phi) is 8.82. The molecule has 0 aliphatic carbocycles. The zero-order valence-corrected chi connectivity index (χ0v) is 21.5. The minimum atomic E-state index is -0.580. The first-order chi connectivity index (χ1) is 18.0. The van der Waals surface area contributed by atoms with Gasteiger partial charge in [0.2, 0.25) is 6.79 Å². The Labute approximate surface area is 217 Å². The number of hydrogen-bond acceptors (Lipinski definition) is 7. The Bertz CT molecular complexity index is 1230. The van der Waals surface area contributed by atoms with Crippen molar-refractivity contribution in [3.63, 3.8) is 0 Å². The number of ether oxygens (including phenoxy) is 4. The van der Waals surface area contributed by atoms with Crippen molar-refractivity contribution in [2.45, 2.75) is 33.3 Å². The van der Waals surface area contributed by atoms with E-state index in [1.807, 2.05) is 61.5 Å². The number of carbonyl (C=O) groups is 1. The van der Waals surface area contributed by atoms with Crippen molar-refractivity contribution < 1.29 is 28.8 Å². The average molecular weight is 504 g/mol. The van der Waals surface area contributed by atoms with E-state index >= 15 is 0 Å². The fourth-order valence-electron chi connectivity index (χ4n) is 4.26. The minimum absolute atomic E-state index is 0.212. The van der Waals surface area contributed by atoms with Gasteiger partial charge in [0.15, 0.2) is 11.5 Å². The van der Waals surface area contributed by atoms with Crippen LogP contribution in [0.5, 0.6) is 23.0 Å². The average Bonchev–Trinajstić information content (AvgIpc) is 3.38. The number of rotatable bonds is 11. The third-order valence-corrected chi connectivity index (χ3v) is 6.00. The van der Waals surface area contributed by atoms with Crippen molar-refractivity contribution in [2.75, 3.05) is 26.5 Å². The Hall–Kier alpha value is -3.81. The van der Waals surface area contributed by atoms with Crippen LogP contribution in [0.4, 0.5) is 0 Å². The third kappa shape index (κ3) is 6.70. The molecule has 3 aromatic carbocycles. The molecule has 1 aliphatic rings. The van der Waals surface area contributed by atoms with Crippen LogP contribution in [0.2, 0.25) is 0 Å². The number of benzene rings is 3. The Balaban J connectivity index is 1.69. The van der Waals surface area contributed by atoms with Crippen LogP contribution < -0.4 is 24.3 Å². The highest BCUT2D eigenvalue weighted by Gasteiger charge is 2.18. The van der Waals surface area contributed by atoms with E-state index in [1.54, 1.807) is 12.1 Å². The van der Waals surface area contributed by atoms with Crippen LogP contribution in [0.25, 0.3) is 11.1 Å². The fraction of sp³-hybridized carbons (Fsp3) is 0.300. The molecular formula is C30H33NO6. The van der Waals surface area contributed by atoms with Gasteiger partial charge >= 0.3 is 5.97 Å². The number of fused-ring (bicyclic) bond motifs is 1. The molecule has 194 valence electrons. The summed E-state index contributed by atoms with van der Waals surface area (Å²) in [5.74, 6) is 2.29. The molecule has 7 nitrogen and oxygen atoms in total. The maximum absolute atomic E-state index is 11.4. The quantitative estimate of drug-likeness (QED) is 0.215. The van der Waals surface area contributed by atoms with E-state index < -0.39 is 6.10 Å². The maximum Gasteiger partial charge on any atom is 0.308 e. The van der Waals surface area contributed by atoms with Gasteiger partial charge in [-0.3, -0.25) is 4.79 Å². The molecule has 37 heavy (non-hydrogen) atoms. The number of allylic oxidation sites excluding steroid dienone is 1. The van der Waals surface area contributed by atoms with Gasteiger partial charge in [-0.05, 0) is 77.2 Å². The summed E-state index contributed by atoms with van der Waals surface area (Å²) >= 11 is 0. The van der Waals surface area contributed by atoms with Gasteiger partial charge in [0.25, 0.3) is 0 Å². The van der Waals surface area contributed by atoms with Gasteiger partial charge in [0, 0.05) is 13.5 Å². The molecule has 0 amide bonds. The van der Waals surface area contributed by atoms with Crippen LogP contribution in [-0.2, 0) is 4.79 Å². The highest BCUT2D eigenvalue weighted by atomic mass is 16.7. The second-order valence-corrected chi connectivity index (χ2v) is 8.69. The van der Waals surface area contributed by atoms with E-state index in [4.69, 9.17) is 18.9 Å². The molecule has 0 saturated carbocycles. The van der Waals surface area contributed by atoms with E-state index in [-0.39, 0.29) is 19.4 Å². The van der Waals surface area contributed by atoms with Crippen LogP contribution >= 0.6 is 0 Å². The summed E-state index contributed by atoms with van der Waals surface area (Å²) in [6.07, 6.45) is 0.193. The lowest BCUT2D eigenvalue weighted by atomic mass is 9.88. The van der Waals surface area contributed by atoms with Gasteiger partial charge in [-0.15, -0.1) is 0 Å². The van der Waals surface area contributed by atoms with Gasteiger partial charge < -0.3 is 29.4 Å². The number of nitrogens with one attached hydrogen (secondary N) is 1. The standard InChI is InChI=1S/C30H33NO6/c1-4-27(23-10-15-28-29(16-23)36-19-35-28)30(22-8-13-26(14-9-22)37-20(3)32)21-6-11-25(12-7-21)34-18-24(33)17-31-5-2/h6-16,24,31,33H,4-5,17-19H2,1-3H3/b30-27+. The van der Waals surface area contributed by atoms with Crippen molar-refractivity contribution >= 4 is 17.1 Å². The monoisotopic (exact) mass is 503 g/mol. The molecule has 2 N–H and O–H groups in total. The lowest BCUT2D eigenvalue weighted by molar-refractivity contribution is -0.131. The number of aliphatic hydroxyl groups is 1. The second-order valence-electron chi connectivity index (χ2n) is 8.69. The molecule has 0 bridgehead atoms. The van der Waals surface area contributed by atoms with Gasteiger partial charge in [-0.25, -0.2) is 0 Å². The maximum atomic E-state index is 11.4. The molecule has 1 unspecified atom stereocenters. The molecule has 3 aromatic rings. The molecular weight excluding hydrogens is 470 g/mol. The van der Waals surface area contributed by atoms with Gasteiger partial charge in [-0.2, -0.15) is 0 Å². The van der Waals surface area contributed by atoms with Crippen molar-refractivity contribution in [1.29, 1.82) is 0 Å². The zero-order valence-electron chi connectivity index (χ0n) is 21.5. The highest BCUT2D eigenvalue weighted by molar-refractivity contribution is 5.99. The lowest BCUT2D eigenvalue weighted by Crippen LogP contribution is -2.31. The largest absolute Gasteiger partial charge is 0.491 e. The summed E-state index contributed by atoms with van der Waals surface area (Å²) in [6.45, 7) is 7.22. The lowest BCUT2D eigenvalue weighted by Gasteiger charge is -2.18. The molecule has 1 atom stereocenters. The zero-order chi connectivity index (χ0) is 26.2. The molecule has 4 rings (SSSR count). The van der Waals surface area contributed by atoms with Crippen LogP contribution in [0.15, 0.2) is 66.7 Å². The van der Waals surface area contributed by atoms with E-state index in [2.05, 4.69) is 12.2 Å². The van der Waals surface area contributed by atoms with E-state index in [9.17, 15) is 9.90 Å². The molecule has 0 saturated heterocycles. The highest BCUT2D eigenvalue weighted by Crippen LogP contribution is 2.40. The SMILES string of the molecule is CCNCC(O)COc1ccc(/C(=C(/CC)c2ccc3c(c2)OCO3)c2ccc(OC(C)=O)cc2)cc1. The van der Waals surface area contributed by atoms with E-state index in [0.29, 0.717) is 18.0 Å². The van der Waals surface area contributed by atoms with Crippen LogP contribution in [0.1, 0.15) is 43.9 Å². The molecule has 0 radical (unpaired) electrons. The summed E-state index contributed by atoms with van der Waals surface area (Å²) in [5, 5.41) is 13.2. The molecule has 7 heteroatoms. The summed E-state index contributed by atoms with van der Waals surface area (Å²) in [5.41, 5.74) is 5.22. The Morgan fingerprint density at radius 2 is 1.54 bits per heavy atom. The van der Waals surface area contributed by atoms with Crippen molar-refractivity contribution in [1.82, 2.24) is 5.32 Å². The van der Waals surface area contributed by atoms with Crippen LogP contribution in [0, 0.1) is 0 Å². The first kappa shape index (κ1) is 26.3. The van der Waals surface area contributed by atoms with Gasteiger partial charge in [0.1, 0.15) is 24.2 Å². The number of esters is 1. The van der Waals surface area contributed by atoms with E-state index in [0.717, 1.165) is 52.3 Å². The number of carbonyl (C=O) groups excluding carboxylic acids is 1. The van der Waals surface area contributed by atoms with Gasteiger partial charge in [0.05, 0.1) is 0 Å². The fourth-order valence-corrected chi connectivity index (χ4v) is 4.26. The number of hydrogen-bond donors (Lipinski definition) is 2. The first-order valence-corrected chi connectivity index (χ1v) is 12.5. The third-order valence-electron chi connectivity index (χ3n) is 6.00. The predicted molar refractivity (Wildman–Crippen MR) is 143 cm³/mol. The Morgan fingerprint density at radius 3 is 2.16 bits per heavy atom. The Morgan fingerprint density at radius 1 is 0.919 bits per heavy atom. The predicted octanol–water partition coefficient (Wildman–Crippen LogP) is 5.06. The van der Waals surface area contributed by atoms with E-state index in [1.165, 1.54) is 6.92 Å². The number of likely N-dealkylation sites (N-methyl/N-ethyl adjacent to an activating group) is 1. The molecule has 1 heterocycles. The number of aliphatic hydroxyl groups excluding tert-OH is 1. The van der Waals surface area contributed by atoms with Gasteiger partial charge in [-0.1, -0.05) is 44.2 Å². The molecule has 0 spiro atoms. The molecule has 0 fully saturated rings. The normalized spacial score (nSPS) is 13.6. The van der Waals surface area contributed by atoms with Crippen molar-refractivity contribution in [3.8, 4) is 23.0 Å².